The molecule has 2 unspecified atom stereocenters. The molecule has 1 aliphatic rings. The fourth-order valence-corrected chi connectivity index (χ4v) is 5.37. The lowest BCUT2D eigenvalue weighted by Gasteiger charge is -2.44. The van der Waals surface area contributed by atoms with Crippen LogP contribution in [0.2, 0.25) is 0 Å². The number of pyridine rings is 2. The third-order valence-corrected chi connectivity index (χ3v) is 7.41. The molecule has 0 amide bonds. The Hall–Kier alpha value is -4.02. The van der Waals surface area contributed by atoms with Gasteiger partial charge in [-0.2, -0.15) is 5.26 Å². The molecule has 2 aromatic carbocycles. The van der Waals surface area contributed by atoms with Gasteiger partial charge in [-0.1, -0.05) is 43.3 Å². The van der Waals surface area contributed by atoms with Crippen LogP contribution in [0.1, 0.15) is 42.3 Å². The lowest BCUT2D eigenvalue weighted by molar-refractivity contribution is 0.188. The predicted octanol–water partition coefficient (Wildman–Crippen LogP) is 4.81. The number of anilines is 1. The maximum absolute atomic E-state index is 13.8. The summed E-state index contributed by atoms with van der Waals surface area (Å²) >= 11 is 0. The van der Waals surface area contributed by atoms with Crippen molar-refractivity contribution in [3.05, 3.63) is 105 Å². The number of fused-ring (bicyclic) bond motifs is 1. The third kappa shape index (κ3) is 4.73. The Morgan fingerprint density at radius 3 is 2.35 bits per heavy atom. The molecule has 1 fully saturated rings. The molecule has 0 saturated carbocycles. The first-order valence-electron chi connectivity index (χ1n) is 12.7. The molecule has 6 nitrogen and oxygen atoms in total. The molecule has 37 heavy (non-hydrogen) atoms. The molecule has 188 valence electrons. The summed E-state index contributed by atoms with van der Waals surface area (Å²) in [5.41, 5.74) is 5.83. The van der Waals surface area contributed by atoms with Gasteiger partial charge in [0.25, 0.3) is 5.56 Å². The molecule has 1 saturated heterocycles. The Bertz CT molecular complexity index is 1520. The molecule has 0 spiro atoms. The third-order valence-electron chi connectivity index (χ3n) is 7.41. The molecule has 1 aliphatic heterocycles. The van der Waals surface area contributed by atoms with Crippen LogP contribution >= 0.6 is 0 Å². The molecular formula is C30H30FN5O. The van der Waals surface area contributed by atoms with E-state index in [1.54, 1.807) is 29.8 Å². The minimum atomic E-state index is -0.246. The highest BCUT2D eigenvalue weighted by atomic mass is 19.1. The number of nitrogens with zero attached hydrogens (tertiary/aromatic N) is 5. The zero-order valence-electron chi connectivity index (χ0n) is 21.4. The Kier molecular flexibility index (Phi) is 6.77. The monoisotopic (exact) mass is 495 g/mol. The summed E-state index contributed by atoms with van der Waals surface area (Å²) in [6.45, 7) is 6.46. The fourth-order valence-electron chi connectivity index (χ4n) is 5.37. The van der Waals surface area contributed by atoms with Gasteiger partial charge in [-0.25, -0.2) is 9.37 Å². The van der Waals surface area contributed by atoms with E-state index in [1.807, 2.05) is 12.1 Å². The summed E-state index contributed by atoms with van der Waals surface area (Å²) in [5.74, 6) is -0.246. The van der Waals surface area contributed by atoms with Crippen LogP contribution in [0.3, 0.4) is 0 Å². The van der Waals surface area contributed by atoms with E-state index in [0.717, 1.165) is 30.8 Å². The summed E-state index contributed by atoms with van der Waals surface area (Å²) in [5, 5.41) is 9.41. The van der Waals surface area contributed by atoms with Gasteiger partial charge in [-0.15, -0.1) is 0 Å². The SMILES string of the molecule is CCc1ccc(C(c2ccc(F)cc2)N2CCN(c3cc(=O)n(C)c4ccc(C#N)nc34)C(C)C2)cc1. The van der Waals surface area contributed by atoms with Crippen LogP contribution in [0.25, 0.3) is 11.0 Å². The lowest BCUT2D eigenvalue weighted by Crippen LogP contribution is -2.53. The highest BCUT2D eigenvalue weighted by molar-refractivity contribution is 5.89. The average Bonchev–Trinajstić information content (AvgIpc) is 2.92. The molecule has 0 aliphatic carbocycles. The first kappa shape index (κ1) is 24.7. The molecule has 3 heterocycles. The van der Waals surface area contributed by atoms with Crippen molar-refractivity contribution in [2.75, 3.05) is 24.5 Å². The topological polar surface area (TPSA) is 65.2 Å². The van der Waals surface area contributed by atoms with Gasteiger partial charge in [0, 0.05) is 38.8 Å². The second kappa shape index (κ2) is 10.2. The second-order valence-corrected chi connectivity index (χ2v) is 9.69. The summed E-state index contributed by atoms with van der Waals surface area (Å²) in [6, 6.07) is 22.7. The quantitative estimate of drug-likeness (QED) is 0.398. The van der Waals surface area contributed by atoms with Crippen molar-refractivity contribution in [3.8, 4) is 6.07 Å². The Balaban J connectivity index is 1.50. The number of aromatic nitrogens is 2. The number of hydrogen-bond donors (Lipinski definition) is 0. The van der Waals surface area contributed by atoms with Crippen molar-refractivity contribution in [2.24, 2.45) is 7.05 Å². The Labute approximate surface area is 216 Å². The molecular weight excluding hydrogens is 465 g/mol. The molecule has 0 N–H and O–H groups in total. The largest absolute Gasteiger partial charge is 0.364 e. The summed E-state index contributed by atoms with van der Waals surface area (Å²) in [6.07, 6.45) is 0.975. The van der Waals surface area contributed by atoms with E-state index in [9.17, 15) is 14.4 Å². The van der Waals surface area contributed by atoms with Crippen LogP contribution in [-0.4, -0.2) is 40.1 Å². The Morgan fingerprint density at radius 1 is 1.05 bits per heavy atom. The molecule has 2 atom stereocenters. The van der Waals surface area contributed by atoms with E-state index >= 15 is 0 Å². The minimum absolute atomic E-state index is 0.0141. The van der Waals surface area contributed by atoms with Crippen molar-refractivity contribution in [2.45, 2.75) is 32.4 Å². The number of aryl methyl sites for hydroxylation is 2. The van der Waals surface area contributed by atoms with Gasteiger partial charge in [0.1, 0.15) is 23.1 Å². The fraction of sp³-hybridized carbons (Fsp3) is 0.300. The zero-order chi connectivity index (χ0) is 26.1. The van der Waals surface area contributed by atoms with Crippen LogP contribution < -0.4 is 10.5 Å². The van der Waals surface area contributed by atoms with Gasteiger partial charge in [-0.3, -0.25) is 9.69 Å². The van der Waals surface area contributed by atoms with Crippen molar-refractivity contribution < 1.29 is 4.39 Å². The number of rotatable bonds is 5. The minimum Gasteiger partial charge on any atom is -0.364 e. The van der Waals surface area contributed by atoms with Crippen LogP contribution in [0.5, 0.6) is 0 Å². The number of halogens is 1. The van der Waals surface area contributed by atoms with Gasteiger partial charge in [-0.05, 0) is 54.3 Å². The standard InChI is InChI=1S/C30H30FN5O/c1-4-21-5-7-22(8-6-21)30(23-9-11-24(31)12-10-23)35-15-16-36(20(2)19-35)27-17-28(37)34(3)26-14-13-25(18-32)33-29(26)27/h5-14,17,20,30H,4,15-16,19H2,1-3H3. The smallest absolute Gasteiger partial charge is 0.252 e. The number of benzene rings is 2. The normalized spacial score (nSPS) is 17.1. The van der Waals surface area contributed by atoms with E-state index < -0.39 is 0 Å². The van der Waals surface area contributed by atoms with E-state index in [0.29, 0.717) is 23.3 Å². The van der Waals surface area contributed by atoms with E-state index in [2.05, 4.69) is 59.0 Å². The molecule has 7 heteroatoms. The van der Waals surface area contributed by atoms with Crippen LogP contribution in [0.4, 0.5) is 10.1 Å². The molecule has 0 bridgehead atoms. The Morgan fingerprint density at radius 2 is 1.73 bits per heavy atom. The zero-order valence-corrected chi connectivity index (χ0v) is 21.4. The molecule has 2 aromatic heterocycles. The molecule has 0 radical (unpaired) electrons. The van der Waals surface area contributed by atoms with Crippen molar-refractivity contribution in [3.63, 3.8) is 0 Å². The summed E-state index contributed by atoms with van der Waals surface area (Å²) in [7, 11) is 1.72. The van der Waals surface area contributed by atoms with Gasteiger partial charge < -0.3 is 9.47 Å². The second-order valence-electron chi connectivity index (χ2n) is 9.69. The molecule has 4 aromatic rings. The van der Waals surface area contributed by atoms with E-state index in [4.69, 9.17) is 0 Å². The maximum atomic E-state index is 13.8. The number of piperazine rings is 1. The van der Waals surface area contributed by atoms with E-state index in [1.165, 1.54) is 23.3 Å². The average molecular weight is 496 g/mol. The lowest BCUT2D eigenvalue weighted by atomic mass is 9.94. The van der Waals surface area contributed by atoms with Crippen molar-refractivity contribution in [1.29, 1.82) is 5.26 Å². The maximum Gasteiger partial charge on any atom is 0.252 e. The van der Waals surface area contributed by atoms with Crippen LogP contribution in [0.15, 0.2) is 71.5 Å². The highest BCUT2D eigenvalue weighted by Crippen LogP contribution is 2.34. The summed E-state index contributed by atoms with van der Waals surface area (Å²) in [4.78, 5) is 22.0. The van der Waals surface area contributed by atoms with Crippen molar-refractivity contribution in [1.82, 2.24) is 14.5 Å². The summed E-state index contributed by atoms with van der Waals surface area (Å²) < 4.78 is 15.3. The van der Waals surface area contributed by atoms with Gasteiger partial charge >= 0.3 is 0 Å². The molecule has 5 rings (SSSR count). The first-order chi connectivity index (χ1) is 17.9. The first-order valence-corrected chi connectivity index (χ1v) is 12.7. The van der Waals surface area contributed by atoms with Crippen LogP contribution in [0, 0.1) is 17.1 Å². The van der Waals surface area contributed by atoms with E-state index in [-0.39, 0.29) is 23.5 Å². The number of hydrogen-bond acceptors (Lipinski definition) is 5. The van der Waals surface area contributed by atoms with Gasteiger partial charge in [0.05, 0.1) is 17.2 Å². The van der Waals surface area contributed by atoms with Gasteiger partial charge in [0.2, 0.25) is 0 Å². The highest BCUT2D eigenvalue weighted by Gasteiger charge is 2.31. The number of nitriles is 1. The van der Waals surface area contributed by atoms with Gasteiger partial charge in [0.15, 0.2) is 0 Å². The predicted molar refractivity (Wildman–Crippen MR) is 144 cm³/mol. The van der Waals surface area contributed by atoms with Crippen molar-refractivity contribution >= 4 is 16.7 Å². The van der Waals surface area contributed by atoms with Crippen LogP contribution in [-0.2, 0) is 13.5 Å².